The minimum atomic E-state index is -0.719. The molecule has 3 rings (SSSR count). The van der Waals surface area contributed by atoms with Gasteiger partial charge in [-0.25, -0.2) is 0 Å². The van der Waals surface area contributed by atoms with E-state index in [9.17, 15) is 14.4 Å². The average molecular weight is 422 g/mol. The topological polar surface area (TPSA) is 78.5 Å². The smallest absolute Gasteiger partial charge is 0.251 e. The van der Waals surface area contributed by atoms with Crippen molar-refractivity contribution in [2.45, 2.75) is 44.6 Å². The summed E-state index contributed by atoms with van der Waals surface area (Å²) in [5.74, 6) is -0.496. The molecule has 1 atom stereocenters. The molecular formula is C25H31N3O3. The van der Waals surface area contributed by atoms with E-state index in [2.05, 4.69) is 10.6 Å². The van der Waals surface area contributed by atoms with Crippen LogP contribution in [-0.2, 0) is 16.0 Å². The number of nitrogens with zero attached hydrogens (tertiary/aromatic N) is 1. The third-order valence-corrected chi connectivity index (χ3v) is 5.54. The SMILES string of the molecule is O=C(NC(Cc1ccccc1)C(=O)NCCC(=O)N1CCCCCC1)c1ccccc1. The largest absolute Gasteiger partial charge is 0.354 e. The summed E-state index contributed by atoms with van der Waals surface area (Å²) >= 11 is 0. The molecule has 0 aliphatic carbocycles. The Bertz CT molecular complexity index is 847. The number of hydrogen-bond donors (Lipinski definition) is 2. The highest BCUT2D eigenvalue weighted by molar-refractivity contribution is 5.97. The van der Waals surface area contributed by atoms with Crippen molar-refractivity contribution in [1.29, 1.82) is 0 Å². The Morgan fingerprint density at radius 2 is 1.45 bits per heavy atom. The van der Waals surface area contributed by atoms with Gasteiger partial charge in [-0.3, -0.25) is 14.4 Å². The van der Waals surface area contributed by atoms with Crippen molar-refractivity contribution in [2.24, 2.45) is 0 Å². The van der Waals surface area contributed by atoms with Gasteiger partial charge in [-0.15, -0.1) is 0 Å². The lowest BCUT2D eigenvalue weighted by Gasteiger charge is -2.21. The molecule has 1 saturated heterocycles. The fourth-order valence-electron chi connectivity index (χ4n) is 3.78. The summed E-state index contributed by atoms with van der Waals surface area (Å²) < 4.78 is 0. The monoisotopic (exact) mass is 421 g/mol. The number of carbonyl (C=O) groups is 3. The second-order valence-corrected chi connectivity index (χ2v) is 7.92. The number of likely N-dealkylation sites (tertiary alicyclic amines) is 1. The lowest BCUT2D eigenvalue weighted by Crippen LogP contribution is -2.48. The van der Waals surface area contributed by atoms with Crippen molar-refractivity contribution >= 4 is 17.7 Å². The first-order chi connectivity index (χ1) is 15.1. The molecule has 0 bridgehead atoms. The highest BCUT2D eigenvalue weighted by Crippen LogP contribution is 2.10. The number of carbonyl (C=O) groups excluding carboxylic acids is 3. The third kappa shape index (κ3) is 7.24. The first kappa shape index (κ1) is 22.5. The molecule has 31 heavy (non-hydrogen) atoms. The van der Waals surface area contributed by atoms with Crippen LogP contribution in [0.1, 0.15) is 48.0 Å². The van der Waals surface area contributed by atoms with E-state index in [4.69, 9.17) is 0 Å². The molecule has 1 heterocycles. The van der Waals surface area contributed by atoms with E-state index in [0.717, 1.165) is 31.5 Å². The Labute approximate surface area is 184 Å². The van der Waals surface area contributed by atoms with Crippen LogP contribution in [0.3, 0.4) is 0 Å². The minimum absolute atomic E-state index is 0.0788. The average Bonchev–Trinajstić information content (AvgIpc) is 3.09. The molecule has 6 heteroatoms. The van der Waals surface area contributed by atoms with Gasteiger partial charge in [0.2, 0.25) is 11.8 Å². The van der Waals surface area contributed by atoms with Crippen LogP contribution < -0.4 is 10.6 Å². The van der Waals surface area contributed by atoms with Crippen LogP contribution in [0.2, 0.25) is 0 Å². The predicted octanol–water partition coefficient (Wildman–Crippen LogP) is 2.94. The Kier molecular flexibility index (Phi) is 8.64. The van der Waals surface area contributed by atoms with Gasteiger partial charge in [0.25, 0.3) is 5.91 Å². The lowest BCUT2D eigenvalue weighted by atomic mass is 10.0. The second kappa shape index (κ2) is 11.9. The Hall–Kier alpha value is -3.15. The molecule has 1 aliphatic heterocycles. The lowest BCUT2D eigenvalue weighted by molar-refractivity contribution is -0.131. The third-order valence-electron chi connectivity index (χ3n) is 5.54. The van der Waals surface area contributed by atoms with E-state index in [1.54, 1.807) is 24.3 Å². The number of benzene rings is 2. The summed E-state index contributed by atoms with van der Waals surface area (Å²) in [6.07, 6.45) is 5.08. The van der Waals surface area contributed by atoms with Crippen molar-refractivity contribution in [2.75, 3.05) is 19.6 Å². The van der Waals surface area contributed by atoms with Crippen LogP contribution >= 0.6 is 0 Å². The van der Waals surface area contributed by atoms with Crippen molar-refractivity contribution in [3.63, 3.8) is 0 Å². The normalized spacial score (nSPS) is 14.9. The van der Waals surface area contributed by atoms with Crippen molar-refractivity contribution < 1.29 is 14.4 Å². The molecule has 1 unspecified atom stereocenters. The molecule has 0 saturated carbocycles. The zero-order chi connectivity index (χ0) is 21.9. The number of hydrogen-bond acceptors (Lipinski definition) is 3. The molecule has 2 aromatic rings. The standard InChI is InChI=1S/C25H31N3O3/c29-23(28-17-9-1-2-10-18-28)15-16-26-25(31)22(19-20-11-5-3-6-12-20)27-24(30)21-13-7-4-8-14-21/h3-8,11-14,22H,1-2,9-10,15-19H2,(H,26,31)(H,27,30). The summed E-state index contributed by atoms with van der Waals surface area (Å²) in [5, 5.41) is 5.69. The summed E-state index contributed by atoms with van der Waals surface area (Å²) in [5.41, 5.74) is 1.46. The highest BCUT2D eigenvalue weighted by Gasteiger charge is 2.22. The van der Waals surface area contributed by atoms with E-state index in [0.29, 0.717) is 12.0 Å². The Morgan fingerprint density at radius 3 is 2.10 bits per heavy atom. The molecule has 0 radical (unpaired) electrons. The fraction of sp³-hybridized carbons (Fsp3) is 0.400. The molecule has 2 N–H and O–H groups in total. The maximum absolute atomic E-state index is 12.9. The molecule has 164 valence electrons. The van der Waals surface area contributed by atoms with Gasteiger partial charge in [-0.2, -0.15) is 0 Å². The van der Waals surface area contributed by atoms with Gasteiger partial charge in [0.1, 0.15) is 6.04 Å². The maximum Gasteiger partial charge on any atom is 0.251 e. The molecule has 6 nitrogen and oxygen atoms in total. The summed E-state index contributed by atoms with van der Waals surface area (Å²) in [6, 6.07) is 17.7. The van der Waals surface area contributed by atoms with E-state index < -0.39 is 6.04 Å². The van der Waals surface area contributed by atoms with Crippen molar-refractivity contribution in [1.82, 2.24) is 15.5 Å². The van der Waals surface area contributed by atoms with Crippen LogP contribution in [0.15, 0.2) is 60.7 Å². The Morgan fingerprint density at radius 1 is 0.839 bits per heavy atom. The highest BCUT2D eigenvalue weighted by atomic mass is 16.2. The van der Waals surface area contributed by atoms with Crippen LogP contribution in [0.25, 0.3) is 0 Å². The molecule has 3 amide bonds. The quantitative estimate of drug-likeness (QED) is 0.688. The van der Waals surface area contributed by atoms with Gasteiger partial charge in [-0.05, 0) is 30.5 Å². The van der Waals surface area contributed by atoms with Crippen LogP contribution in [-0.4, -0.2) is 48.3 Å². The maximum atomic E-state index is 12.9. The Balaban J connectivity index is 1.57. The van der Waals surface area contributed by atoms with Gasteiger partial charge < -0.3 is 15.5 Å². The van der Waals surface area contributed by atoms with Gasteiger partial charge in [-0.1, -0.05) is 61.4 Å². The zero-order valence-electron chi connectivity index (χ0n) is 17.9. The van der Waals surface area contributed by atoms with Gasteiger partial charge in [0.05, 0.1) is 0 Å². The van der Waals surface area contributed by atoms with Crippen molar-refractivity contribution in [3.8, 4) is 0 Å². The molecule has 2 aromatic carbocycles. The first-order valence-electron chi connectivity index (χ1n) is 11.1. The van der Waals surface area contributed by atoms with Gasteiger partial charge in [0, 0.05) is 38.0 Å². The van der Waals surface area contributed by atoms with Gasteiger partial charge in [0.15, 0.2) is 0 Å². The predicted molar refractivity (Wildman–Crippen MR) is 121 cm³/mol. The van der Waals surface area contributed by atoms with Crippen LogP contribution in [0.4, 0.5) is 0 Å². The van der Waals surface area contributed by atoms with Crippen LogP contribution in [0, 0.1) is 0 Å². The van der Waals surface area contributed by atoms with Crippen LogP contribution in [0.5, 0.6) is 0 Å². The second-order valence-electron chi connectivity index (χ2n) is 7.92. The summed E-state index contributed by atoms with van der Waals surface area (Å²) in [4.78, 5) is 39.9. The van der Waals surface area contributed by atoms with Gasteiger partial charge >= 0.3 is 0 Å². The van der Waals surface area contributed by atoms with E-state index in [1.807, 2.05) is 41.3 Å². The zero-order valence-corrected chi connectivity index (χ0v) is 17.9. The number of amides is 3. The molecule has 1 aliphatic rings. The minimum Gasteiger partial charge on any atom is -0.354 e. The molecule has 1 fully saturated rings. The molecule has 0 spiro atoms. The summed E-state index contributed by atoms with van der Waals surface area (Å²) in [7, 11) is 0. The molecule has 0 aromatic heterocycles. The van der Waals surface area contributed by atoms with E-state index >= 15 is 0 Å². The number of rotatable bonds is 8. The fourth-order valence-corrected chi connectivity index (χ4v) is 3.78. The van der Waals surface area contributed by atoms with E-state index in [-0.39, 0.29) is 30.7 Å². The summed E-state index contributed by atoms with van der Waals surface area (Å²) in [6.45, 7) is 1.87. The number of nitrogens with one attached hydrogen (secondary N) is 2. The first-order valence-corrected chi connectivity index (χ1v) is 11.1. The van der Waals surface area contributed by atoms with Crippen molar-refractivity contribution in [3.05, 3.63) is 71.8 Å². The van der Waals surface area contributed by atoms with E-state index in [1.165, 1.54) is 12.8 Å². The molecular weight excluding hydrogens is 390 g/mol.